The number of hydrogen-bond acceptors (Lipinski definition) is 3. The minimum absolute atomic E-state index is 0.0784. The maximum Gasteiger partial charge on any atom is 0.222 e. The van der Waals surface area contributed by atoms with Crippen LogP contribution in [0.15, 0.2) is 5.38 Å². The summed E-state index contributed by atoms with van der Waals surface area (Å²) in [6.07, 6.45) is 0. The molecule has 1 aromatic rings. The van der Waals surface area contributed by atoms with E-state index in [0.717, 1.165) is 5.01 Å². The van der Waals surface area contributed by atoms with Crippen LogP contribution in [0, 0.1) is 6.92 Å². The molecule has 0 spiro atoms. The van der Waals surface area contributed by atoms with Gasteiger partial charge in [-0.1, -0.05) is 0 Å². The van der Waals surface area contributed by atoms with Gasteiger partial charge in [0.15, 0.2) is 0 Å². The standard InChI is InChI=1S/C6H8N2OS/c1-4(9)7-6-3-10-5(2)8-6/h3H,1-2H3,(H,7,9). The monoisotopic (exact) mass is 156 g/mol. The molecule has 0 aliphatic rings. The Balaban J connectivity index is 2.67. The number of thiazole rings is 1. The Morgan fingerprint density at radius 3 is 2.90 bits per heavy atom. The molecule has 0 aliphatic heterocycles. The second kappa shape index (κ2) is 2.79. The number of aromatic nitrogens is 1. The number of nitrogens with one attached hydrogen (secondary N) is 1. The molecule has 0 atom stereocenters. The van der Waals surface area contributed by atoms with E-state index >= 15 is 0 Å². The molecular weight excluding hydrogens is 148 g/mol. The normalized spacial score (nSPS) is 9.40. The number of rotatable bonds is 1. The molecule has 0 aromatic carbocycles. The largest absolute Gasteiger partial charge is 0.310 e. The van der Waals surface area contributed by atoms with Gasteiger partial charge in [0.05, 0.1) is 5.01 Å². The Morgan fingerprint density at radius 2 is 2.50 bits per heavy atom. The Hall–Kier alpha value is -0.900. The summed E-state index contributed by atoms with van der Waals surface area (Å²) in [6.45, 7) is 3.37. The van der Waals surface area contributed by atoms with Gasteiger partial charge in [-0.3, -0.25) is 4.79 Å². The molecule has 0 unspecified atom stereocenters. The molecule has 54 valence electrons. The van der Waals surface area contributed by atoms with Crippen LogP contribution in [-0.2, 0) is 4.79 Å². The summed E-state index contributed by atoms with van der Waals surface area (Å²) in [5.74, 6) is 0.570. The second-order valence-corrected chi connectivity index (χ2v) is 3.00. The van der Waals surface area contributed by atoms with Gasteiger partial charge in [0.2, 0.25) is 5.91 Å². The number of carbonyl (C=O) groups is 1. The predicted molar refractivity (Wildman–Crippen MR) is 41.2 cm³/mol. The van der Waals surface area contributed by atoms with Gasteiger partial charge >= 0.3 is 0 Å². The molecule has 4 heteroatoms. The van der Waals surface area contributed by atoms with Gasteiger partial charge in [0, 0.05) is 12.3 Å². The first-order valence-electron chi connectivity index (χ1n) is 2.88. The summed E-state index contributed by atoms with van der Waals surface area (Å²) in [6, 6.07) is 0. The Bertz CT molecular complexity index is 244. The minimum Gasteiger partial charge on any atom is -0.310 e. The highest BCUT2D eigenvalue weighted by Crippen LogP contribution is 2.11. The number of nitrogens with zero attached hydrogens (tertiary/aromatic N) is 1. The topological polar surface area (TPSA) is 42.0 Å². The zero-order chi connectivity index (χ0) is 7.56. The highest BCUT2D eigenvalue weighted by atomic mass is 32.1. The average molecular weight is 156 g/mol. The van der Waals surface area contributed by atoms with Gasteiger partial charge in [0.1, 0.15) is 5.82 Å². The van der Waals surface area contributed by atoms with Gasteiger partial charge in [-0.05, 0) is 6.92 Å². The fraction of sp³-hybridized carbons (Fsp3) is 0.333. The lowest BCUT2D eigenvalue weighted by Gasteiger charge is -1.92. The van der Waals surface area contributed by atoms with E-state index in [1.165, 1.54) is 18.3 Å². The average Bonchev–Trinajstić information content (AvgIpc) is 2.13. The van der Waals surface area contributed by atoms with Crippen molar-refractivity contribution in [3.8, 4) is 0 Å². The summed E-state index contributed by atoms with van der Waals surface area (Å²) in [5.41, 5.74) is 0. The predicted octanol–water partition coefficient (Wildman–Crippen LogP) is 1.41. The number of amides is 1. The van der Waals surface area contributed by atoms with Crippen molar-refractivity contribution in [1.82, 2.24) is 4.98 Å². The maximum atomic E-state index is 10.5. The van der Waals surface area contributed by atoms with E-state index in [9.17, 15) is 4.79 Å². The summed E-state index contributed by atoms with van der Waals surface area (Å²) >= 11 is 1.52. The third kappa shape index (κ3) is 1.80. The molecule has 1 rings (SSSR count). The van der Waals surface area contributed by atoms with Gasteiger partial charge in [-0.2, -0.15) is 0 Å². The Morgan fingerprint density at radius 1 is 1.80 bits per heavy atom. The molecule has 0 bridgehead atoms. The lowest BCUT2D eigenvalue weighted by molar-refractivity contribution is -0.114. The second-order valence-electron chi connectivity index (χ2n) is 1.93. The van der Waals surface area contributed by atoms with Crippen LogP contribution in [-0.4, -0.2) is 10.9 Å². The molecule has 1 amide bonds. The molecule has 1 N–H and O–H groups in total. The van der Waals surface area contributed by atoms with Crippen molar-refractivity contribution in [3.63, 3.8) is 0 Å². The highest BCUT2D eigenvalue weighted by molar-refractivity contribution is 7.09. The SMILES string of the molecule is CC(=O)Nc1csc(C)n1. The zero-order valence-electron chi connectivity index (χ0n) is 5.84. The van der Waals surface area contributed by atoms with Crippen molar-refractivity contribution in [3.05, 3.63) is 10.4 Å². The van der Waals surface area contributed by atoms with E-state index in [1.54, 1.807) is 0 Å². The van der Waals surface area contributed by atoms with Crippen LogP contribution in [0.5, 0.6) is 0 Å². The molecule has 0 fully saturated rings. The molecular formula is C6H8N2OS. The van der Waals surface area contributed by atoms with E-state index < -0.39 is 0 Å². The van der Waals surface area contributed by atoms with Crippen molar-refractivity contribution < 1.29 is 4.79 Å². The number of hydrogen-bond donors (Lipinski definition) is 1. The van der Waals surface area contributed by atoms with Crippen LogP contribution in [0.25, 0.3) is 0 Å². The van der Waals surface area contributed by atoms with Crippen LogP contribution >= 0.6 is 11.3 Å². The number of anilines is 1. The van der Waals surface area contributed by atoms with E-state index in [0.29, 0.717) is 5.82 Å². The zero-order valence-corrected chi connectivity index (χ0v) is 6.66. The number of carbonyl (C=O) groups excluding carboxylic acids is 1. The molecule has 1 heterocycles. The van der Waals surface area contributed by atoms with Crippen LogP contribution in [0.4, 0.5) is 5.82 Å². The van der Waals surface area contributed by atoms with Crippen molar-refractivity contribution in [2.24, 2.45) is 0 Å². The third-order valence-corrected chi connectivity index (χ3v) is 1.70. The first-order chi connectivity index (χ1) is 4.68. The lowest BCUT2D eigenvalue weighted by Crippen LogP contribution is -2.05. The van der Waals surface area contributed by atoms with Crippen molar-refractivity contribution in [1.29, 1.82) is 0 Å². The summed E-state index contributed by atoms with van der Waals surface area (Å²) in [5, 5.41) is 5.36. The fourth-order valence-electron chi connectivity index (χ4n) is 0.601. The highest BCUT2D eigenvalue weighted by Gasteiger charge is 1.97. The van der Waals surface area contributed by atoms with Crippen LogP contribution in [0.1, 0.15) is 11.9 Å². The first-order valence-corrected chi connectivity index (χ1v) is 3.76. The molecule has 0 saturated carbocycles. The van der Waals surface area contributed by atoms with Gasteiger partial charge in [-0.15, -0.1) is 11.3 Å². The molecule has 0 aliphatic carbocycles. The van der Waals surface area contributed by atoms with E-state index in [1.807, 2.05) is 12.3 Å². The fourth-order valence-corrected chi connectivity index (χ4v) is 1.15. The van der Waals surface area contributed by atoms with Gasteiger partial charge < -0.3 is 5.32 Å². The summed E-state index contributed by atoms with van der Waals surface area (Å²) in [7, 11) is 0. The smallest absolute Gasteiger partial charge is 0.222 e. The Labute approximate surface area is 63.1 Å². The quantitative estimate of drug-likeness (QED) is 0.668. The number of aryl methyl sites for hydroxylation is 1. The van der Waals surface area contributed by atoms with Crippen molar-refractivity contribution in [2.45, 2.75) is 13.8 Å². The maximum absolute atomic E-state index is 10.5. The van der Waals surface area contributed by atoms with E-state index in [-0.39, 0.29) is 5.91 Å². The van der Waals surface area contributed by atoms with E-state index in [2.05, 4.69) is 10.3 Å². The molecule has 1 aromatic heterocycles. The molecule has 0 radical (unpaired) electrons. The molecule has 10 heavy (non-hydrogen) atoms. The van der Waals surface area contributed by atoms with E-state index in [4.69, 9.17) is 0 Å². The third-order valence-electron chi connectivity index (χ3n) is 0.923. The minimum atomic E-state index is -0.0784. The van der Waals surface area contributed by atoms with Crippen molar-refractivity contribution >= 4 is 23.1 Å². The van der Waals surface area contributed by atoms with Gasteiger partial charge in [0.25, 0.3) is 0 Å². The van der Waals surface area contributed by atoms with Crippen LogP contribution < -0.4 is 5.32 Å². The molecule has 3 nitrogen and oxygen atoms in total. The van der Waals surface area contributed by atoms with Crippen molar-refractivity contribution in [2.75, 3.05) is 5.32 Å². The van der Waals surface area contributed by atoms with Crippen LogP contribution in [0.3, 0.4) is 0 Å². The summed E-state index contributed by atoms with van der Waals surface area (Å²) < 4.78 is 0. The van der Waals surface area contributed by atoms with Crippen LogP contribution in [0.2, 0.25) is 0 Å². The summed E-state index contributed by atoms with van der Waals surface area (Å²) in [4.78, 5) is 14.5. The van der Waals surface area contributed by atoms with Gasteiger partial charge in [-0.25, -0.2) is 4.98 Å². The molecule has 0 saturated heterocycles. The Kier molecular flexibility index (Phi) is 2.01. The lowest BCUT2D eigenvalue weighted by atomic mass is 10.6. The first kappa shape index (κ1) is 7.21.